The third-order valence-corrected chi connectivity index (χ3v) is 2.98. The first kappa shape index (κ1) is 14.0. The van der Waals surface area contributed by atoms with E-state index in [1.165, 1.54) is 38.3 Å². The second-order valence-corrected chi connectivity index (χ2v) is 4.30. The fraction of sp³-hybridized carbons (Fsp3) is 0.133. The van der Waals surface area contributed by atoms with Crippen LogP contribution in [0.5, 0.6) is 5.75 Å². The van der Waals surface area contributed by atoms with Crippen molar-refractivity contribution in [3.05, 3.63) is 53.1 Å². The van der Waals surface area contributed by atoms with Gasteiger partial charge in [0.25, 0.3) is 0 Å². The smallest absolute Gasteiger partial charge is 0.335 e. The third-order valence-electron chi connectivity index (χ3n) is 2.98. The number of methoxy groups -OCH3 is 1. The van der Waals surface area contributed by atoms with Crippen LogP contribution >= 0.6 is 0 Å². The van der Waals surface area contributed by atoms with Gasteiger partial charge < -0.3 is 9.84 Å². The fourth-order valence-electron chi connectivity index (χ4n) is 1.92. The van der Waals surface area contributed by atoms with E-state index < -0.39 is 17.6 Å². The number of halogens is 2. The molecule has 0 saturated carbocycles. The van der Waals surface area contributed by atoms with Gasteiger partial charge in [-0.1, -0.05) is 0 Å². The first-order chi connectivity index (χ1) is 9.43. The zero-order chi connectivity index (χ0) is 14.9. The van der Waals surface area contributed by atoms with Gasteiger partial charge in [0.05, 0.1) is 12.7 Å². The summed E-state index contributed by atoms with van der Waals surface area (Å²) in [5.41, 5.74) is 0.642. The van der Waals surface area contributed by atoms with Crippen LogP contribution in [0.4, 0.5) is 8.78 Å². The summed E-state index contributed by atoms with van der Waals surface area (Å²) in [6, 6.07) is 6.21. The minimum Gasteiger partial charge on any atom is -0.496 e. The Bertz CT molecular complexity index is 681. The number of carboxylic acid groups (broad SMARTS) is 1. The second-order valence-electron chi connectivity index (χ2n) is 4.30. The number of carbonyl (C=O) groups is 1. The molecule has 0 spiro atoms. The number of hydrogen-bond donors (Lipinski definition) is 1. The highest BCUT2D eigenvalue weighted by Crippen LogP contribution is 2.34. The molecular weight excluding hydrogens is 266 g/mol. The van der Waals surface area contributed by atoms with Crippen molar-refractivity contribution in [1.29, 1.82) is 0 Å². The van der Waals surface area contributed by atoms with Gasteiger partial charge >= 0.3 is 5.97 Å². The molecule has 2 aromatic rings. The number of aromatic carboxylic acids is 1. The molecular formula is C15H12F2O3. The minimum atomic E-state index is -1.13. The van der Waals surface area contributed by atoms with Gasteiger partial charge in [0.15, 0.2) is 0 Å². The lowest BCUT2D eigenvalue weighted by Gasteiger charge is -2.11. The number of ether oxygens (including phenoxy) is 1. The maximum Gasteiger partial charge on any atom is 0.335 e. The second kappa shape index (κ2) is 5.28. The van der Waals surface area contributed by atoms with Crippen molar-refractivity contribution in [2.45, 2.75) is 6.92 Å². The normalized spacial score (nSPS) is 10.4. The molecule has 1 N–H and O–H groups in total. The van der Waals surface area contributed by atoms with Gasteiger partial charge in [0.2, 0.25) is 0 Å². The Kier molecular flexibility index (Phi) is 3.70. The molecule has 0 radical (unpaired) electrons. The molecule has 5 heteroatoms. The van der Waals surface area contributed by atoms with Crippen LogP contribution in [-0.4, -0.2) is 18.2 Å². The highest BCUT2D eigenvalue weighted by Gasteiger charge is 2.15. The van der Waals surface area contributed by atoms with E-state index in [1.54, 1.807) is 0 Å². The molecule has 0 aliphatic rings. The van der Waals surface area contributed by atoms with E-state index in [9.17, 15) is 13.6 Å². The van der Waals surface area contributed by atoms with Crippen LogP contribution in [0.25, 0.3) is 11.1 Å². The lowest BCUT2D eigenvalue weighted by Crippen LogP contribution is -1.99. The van der Waals surface area contributed by atoms with Crippen molar-refractivity contribution < 1.29 is 23.4 Å². The van der Waals surface area contributed by atoms with E-state index in [0.29, 0.717) is 5.75 Å². The van der Waals surface area contributed by atoms with Crippen LogP contribution in [0.2, 0.25) is 0 Å². The van der Waals surface area contributed by atoms with Crippen LogP contribution in [0.15, 0.2) is 30.3 Å². The zero-order valence-corrected chi connectivity index (χ0v) is 10.9. The first-order valence-electron chi connectivity index (χ1n) is 5.81. The molecule has 0 fully saturated rings. The van der Waals surface area contributed by atoms with Crippen LogP contribution in [0.1, 0.15) is 15.9 Å². The minimum absolute atomic E-state index is 0.00202. The van der Waals surface area contributed by atoms with Crippen molar-refractivity contribution in [1.82, 2.24) is 0 Å². The molecule has 0 aliphatic carbocycles. The molecule has 0 aromatic heterocycles. The van der Waals surface area contributed by atoms with Crippen LogP contribution < -0.4 is 4.74 Å². The van der Waals surface area contributed by atoms with E-state index in [1.807, 2.05) is 0 Å². The number of carboxylic acids is 1. The largest absolute Gasteiger partial charge is 0.496 e. The molecule has 104 valence electrons. The Morgan fingerprint density at radius 1 is 1.10 bits per heavy atom. The first-order valence-corrected chi connectivity index (χ1v) is 5.81. The Labute approximate surface area is 114 Å². The van der Waals surface area contributed by atoms with E-state index in [4.69, 9.17) is 9.84 Å². The number of hydrogen-bond acceptors (Lipinski definition) is 2. The molecule has 20 heavy (non-hydrogen) atoms. The topological polar surface area (TPSA) is 46.5 Å². The molecule has 2 rings (SSSR count). The molecule has 0 bridgehead atoms. The summed E-state index contributed by atoms with van der Waals surface area (Å²) in [7, 11) is 1.40. The molecule has 0 heterocycles. The summed E-state index contributed by atoms with van der Waals surface area (Å²) in [4.78, 5) is 11.0. The van der Waals surface area contributed by atoms with Gasteiger partial charge in [-0.15, -0.1) is 0 Å². The van der Waals surface area contributed by atoms with Gasteiger partial charge in [-0.3, -0.25) is 0 Å². The average Bonchev–Trinajstić information content (AvgIpc) is 2.42. The zero-order valence-electron chi connectivity index (χ0n) is 10.9. The third kappa shape index (κ3) is 2.47. The number of rotatable bonds is 3. The van der Waals surface area contributed by atoms with E-state index in [-0.39, 0.29) is 22.3 Å². The maximum atomic E-state index is 13.9. The Hall–Kier alpha value is -2.43. The van der Waals surface area contributed by atoms with Crippen LogP contribution in [0, 0.1) is 18.6 Å². The van der Waals surface area contributed by atoms with Crippen LogP contribution in [0.3, 0.4) is 0 Å². The summed E-state index contributed by atoms with van der Waals surface area (Å²) >= 11 is 0. The molecule has 2 aromatic carbocycles. The van der Waals surface area contributed by atoms with Crippen molar-refractivity contribution in [2.24, 2.45) is 0 Å². The molecule has 3 nitrogen and oxygen atoms in total. The monoisotopic (exact) mass is 278 g/mol. The fourth-order valence-corrected chi connectivity index (χ4v) is 1.92. The van der Waals surface area contributed by atoms with Crippen LogP contribution in [-0.2, 0) is 0 Å². The van der Waals surface area contributed by atoms with Crippen molar-refractivity contribution >= 4 is 5.97 Å². The highest BCUT2D eigenvalue weighted by molar-refractivity contribution is 5.90. The standard InChI is InChI=1S/C15H12F2O3/c1-8-5-10(13(17)7-12(8)16)11-6-9(15(18)19)3-4-14(11)20-2/h3-7H,1-2H3,(H,18,19). The predicted octanol–water partition coefficient (Wildman–Crippen LogP) is 3.65. The van der Waals surface area contributed by atoms with Gasteiger partial charge in [-0.25, -0.2) is 13.6 Å². The summed E-state index contributed by atoms with van der Waals surface area (Å²) in [6.07, 6.45) is 0. The molecule has 0 aliphatic heterocycles. The molecule has 0 saturated heterocycles. The van der Waals surface area contributed by atoms with Crippen molar-refractivity contribution in [3.63, 3.8) is 0 Å². The van der Waals surface area contributed by atoms with Crippen molar-refractivity contribution in [2.75, 3.05) is 7.11 Å². The van der Waals surface area contributed by atoms with Gasteiger partial charge in [-0.05, 0) is 36.8 Å². The quantitative estimate of drug-likeness (QED) is 0.932. The van der Waals surface area contributed by atoms with E-state index >= 15 is 0 Å². The Balaban J connectivity index is 2.70. The predicted molar refractivity (Wildman–Crippen MR) is 70.0 cm³/mol. The Morgan fingerprint density at radius 3 is 2.40 bits per heavy atom. The van der Waals surface area contributed by atoms with Gasteiger partial charge in [-0.2, -0.15) is 0 Å². The van der Waals surface area contributed by atoms with Gasteiger partial charge in [0, 0.05) is 17.2 Å². The molecule has 0 amide bonds. The highest BCUT2D eigenvalue weighted by atomic mass is 19.1. The van der Waals surface area contributed by atoms with E-state index in [2.05, 4.69) is 0 Å². The lowest BCUT2D eigenvalue weighted by atomic mass is 9.99. The number of aryl methyl sites for hydroxylation is 1. The van der Waals surface area contributed by atoms with Gasteiger partial charge in [0.1, 0.15) is 17.4 Å². The summed E-state index contributed by atoms with van der Waals surface area (Å²) in [5, 5.41) is 8.99. The van der Waals surface area contributed by atoms with E-state index in [0.717, 1.165) is 6.07 Å². The SMILES string of the molecule is COc1ccc(C(=O)O)cc1-c1cc(C)c(F)cc1F. The average molecular weight is 278 g/mol. The summed E-state index contributed by atoms with van der Waals surface area (Å²) in [6.45, 7) is 1.51. The molecule has 0 atom stereocenters. The Morgan fingerprint density at radius 2 is 1.80 bits per heavy atom. The number of benzene rings is 2. The lowest BCUT2D eigenvalue weighted by molar-refractivity contribution is 0.0697. The van der Waals surface area contributed by atoms with Crippen molar-refractivity contribution in [3.8, 4) is 16.9 Å². The summed E-state index contributed by atoms with van der Waals surface area (Å²) < 4.78 is 32.3. The molecule has 0 unspecified atom stereocenters. The maximum absolute atomic E-state index is 13.9. The summed E-state index contributed by atoms with van der Waals surface area (Å²) in [5.74, 6) is -2.23.